The Morgan fingerprint density at radius 3 is 2.44 bits per heavy atom. The Kier molecular flexibility index (Phi) is 3.90. The Hall–Kier alpha value is -0.700. The van der Waals surface area contributed by atoms with E-state index in [1.807, 2.05) is 14.0 Å². The van der Waals surface area contributed by atoms with Gasteiger partial charge in [-0.05, 0) is 25.0 Å². The molecule has 0 aliphatic heterocycles. The summed E-state index contributed by atoms with van der Waals surface area (Å²) in [5.74, 6) is 0. The van der Waals surface area contributed by atoms with Crippen LogP contribution in [-0.2, 0) is 6.42 Å². The van der Waals surface area contributed by atoms with E-state index in [2.05, 4.69) is 17.2 Å². The minimum atomic E-state index is 0.443. The highest BCUT2D eigenvalue weighted by Crippen LogP contribution is 2.41. The van der Waals surface area contributed by atoms with Gasteiger partial charge in [0.1, 0.15) is 0 Å². The SMILES string of the molecule is CCc1c(C)nc2c(Cl)cc(Cl)c(Cl)c2c1NC. The fraction of sp³-hybridized carbons (Fsp3) is 0.308. The second-order valence-electron chi connectivity index (χ2n) is 4.03. The zero-order valence-corrected chi connectivity index (χ0v) is 12.6. The van der Waals surface area contributed by atoms with Crippen molar-refractivity contribution in [2.45, 2.75) is 20.3 Å². The summed E-state index contributed by atoms with van der Waals surface area (Å²) in [6.07, 6.45) is 0.866. The molecule has 0 fully saturated rings. The highest BCUT2D eigenvalue weighted by molar-refractivity contribution is 6.48. The molecule has 0 saturated carbocycles. The number of hydrogen-bond donors (Lipinski definition) is 1. The molecule has 0 aliphatic rings. The quantitative estimate of drug-likeness (QED) is 0.780. The third-order valence-electron chi connectivity index (χ3n) is 3.02. The number of nitrogens with one attached hydrogen (secondary N) is 1. The van der Waals surface area contributed by atoms with Crippen molar-refractivity contribution in [3.8, 4) is 0 Å². The average Bonchev–Trinajstić information content (AvgIpc) is 2.34. The van der Waals surface area contributed by atoms with Crippen molar-refractivity contribution in [3.63, 3.8) is 0 Å². The maximum Gasteiger partial charge on any atom is 0.0928 e. The van der Waals surface area contributed by atoms with Crippen molar-refractivity contribution in [2.75, 3.05) is 12.4 Å². The van der Waals surface area contributed by atoms with Crippen molar-refractivity contribution in [2.24, 2.45) is 0 Å². The first kappa shape index (κ1) is 13.7. The van der Waals surface area contributed by atoms with Gasteiger partial charge in [0.05, 0.1) is 20.6 Å². The van der Waals surface area contributed by atoms with Crippen LogP contribution in [0.15, 0.2) is 6.07 Å². The highest BCUT2D eigenvalue weighted by Gasteiger charge is 2.17. The van der Waals surface area contributed by atoms with Gasteiger partial charge in [-0.15, -0.1) is 0 Å². The number of pyridine rings is 1. The smallest absolute Gasteiger partial charge is 0.0928 e. The lowest BCUT2D eigenvalue weighted by molar-refractivity contribution is 1.07. The van der Waals surface area contributed by atoms with Gasteiger partial charge in [-0.25, -0.2) is 0 Å². The molecule has 96 valence electrons. The lowest BCUT2D eigenvalue weighted by Gasteiger charge is -2.16. The van der Waals surface area contributed by atoms with E-state index in [1.54, 1.807) is 6.07 Å². The molecule has 1 aromatic heterocycles. The van der Waals surface area contributed by atoms with Crippen LogP contribution in [0.25, 0.3) is 10.9 Å². The number of anilines is 1. The topological polar surface area (TPSA) is 24.9 Å². The van der Waals surface area contributed by atoms with Crippen molar-refractivity contribution in [3.05, 3.63) is 32.4 Å². The van der Waals surface area contributed by atoms with E-state index >= 15 is 0 Å². The van der Waals surface area contributed by atoms with E-state index in [4.69, 9.17) is 34.8 Å². The molecule has 0 saturated heterocycles. The third kappa shape index (κ3) is 2.03. The van der Waals surface area contributed by atoms with E-state index < -0.39 is 0 Å². The van der Waals surface area contributed by atoms with Gasteiger partial charge in [0.15, 0.2) is 0 Å². The first-order valence-corrected chi connectivity index (χ1v) is 6.79. The first-order valence-electron chi connectivity index (χ1n) is 5.65. The zero-order valence-electron chi connectivity index (χ0n) is 10.4. The van der Waals surface area contributed by atoms with E-state index in [0.29, 0.717) is 20.6 Å². The molecular weight excluding hydrogens is 291 g/mol. The van der Waals surface area contributed by atoms with Gasteiger partial charge in [0.2, 0.25) is 0 Å². The molecular formula is C13H13Cl3N2. The molecule has 0 aliphatic carbocycles. The minimum absolute atomic E-state index is 0.443. The average molecular weight is 304 g/mol. The molecule has 0 amide bonds. The molecule has 18 heavy (non-hydrogen) atoms. The van der Waals surface area contributed by atoms with Gasteiger partial charge in [0, 0.05) is 23.8 Å². The zero-order chi connectivity index (χ0) is 13.4. The van der Waals surface area contributed by atoms with Gasteiger partial charge in [-0.3, -0.25) is 4.98 Å². The third-order valence-corrected chi connectivity index (χ3v) is 4.09. The number of hydrogen-bond acceptors (Lipinski definition) is 2. The van der Waals surface area contributed by atoms with Crippen molar-refractivity contribution in [1.82, 2.24) is 4.98 Å². The van der Waals surface area contributed by atoms with E-state index in [1.165, 1.54) is 0 Å². The Bertz CT molecular complexity index is 624. The molecule has 0 spiro atoms. The number of rotatable bonds is 2. The first-order chi connectivity index (χ1) is 8.51. The summed E-state index contributed by atoms with van der Waals surface area (Å²) in [4.78, 5) is 4.54. The Labute approximate surface area is 121 Å². The van der Waals surface area contributed by atoms with Crippen molar-refractivity contribution < 1.29 is 0 Å². The van der Waals surface area contributed by atoms with Gasteiger partial charge in [0.25, 0.3) is 0 Å². The molecule has 1 aromatic carbocycles. The Morgan fingerprint density at radius 1 is 1.22 bits per heavy atom. The van der Waals surface area contributed by atoms with Gasteiger partial charge in [-0.2, -0.15) is 0 Å². The van der Waals surface area contributed by atoms with Crippen LogP contribution >= 0.6 is 34.8 Å². The number of fused-ring (bicyclic) bond motifs is 1. The van der Waals surface area contributed by atoms with Crippen LogP contribution in [0.2, 0.25) is 15.1 Å². The summed E-state index contributed by atoms with van der Waals surface area (Å²) in [6, 6.07) is 1.63. The summed E-state index contributed by atoms with van der Waals surface area (Å²) in [5.41, 5.74) is 3.72. The normalized spacial score (nSPS) is 11.0. The number of aryl methyl sites for hydroxylation is 1. The second kappa shape index (κ2) is 5.12. The minimum Gasteiger partial charge on any atom is -0.387 e. The largest absolute Gasteiger partial charge is 0.387 e. The van der Waals surface area contributed by atoms with Crippen molar-refractivity contribution >= 4 is 51.4 Å². The molecule has 5 heteroatoms. The molecule has 0 atom stereocenters. The number of halogens is 3. The predicted octanol–water partition coefficient (Wildman–Crippen LogP) is 5.11. The van der Waals surface area contributed by atoms with Crippen LogP contribution in [0.4, 0.5) is 5.69 Å². The number of benzene rings is 1. The van der Waals surface area contributed by atoms with Gasteiger partial charge >= 0.3 is 0 Å². The second-order valence-corrected chi connectivity index (χ2v) is 5.22. The number of nitrogens with zero attached hydrogens (tertiary/aromatic N) is 1. The molecule has 1 N–H and O–H groups in total. The summed E-state index contributed by atoms with van der Waals surface area (Å²) in [6.45, 7) is 4.05. The summed E-state index contributed by atoms with van der Waals surface area (Å²) in [5, 5.41) is 5.42. The fourth-order valence-corrected chi connectivity index (χ4v) is 2.94. The lowest BCUT2D eigenvalue weighted by atomic mass is 10.0. The standard InChI is InChI=1S/C13H13Cl3N2/c1-4-7-6(2)18-13-9(15)5-8(14)11(16)10(13)12(7)17-3/h5H,4H2,1-3H3,(H,17,18). The van der Waals surface area contributed by atoms with Crippen LogP contribution in [0.3, 0.4) is 0 Å². The van der Waals surface area contributed by atoms with Crippen molar-refractivity contribution in [1.29, 1.82) is 0 Å². The van der Waals surface area contributed by atoms with Crippen LogP contribution in [-0.4, -0.2) is 12.0 Å². The molecule has 0 bridgehead atoms. The van der Waals surface area contributed by atoms with Crippen LogP contribution in [0.1, 0.15) is 18.2 Å². The van der Waals surface area contributed by atoms with Gasteiger partial charge in [-0.1, -0.05) is 41.7 Å². The highest BCUT2D eigenvalue weighted by atomic mass is 35.5. The number of aromatic nitrogens is 1. The Balaban J connectivity index is 3.03. The molecule has 0 radical (unpaired) electrons. The molecule has 0 unspecified atom stereocenters. The maximum absolute atomic E-state index is 6.29. The van der Waals surface area contributed by atoms with Crippen LogP contribution < -0.4 is 5.32 Å². The molecule has 1 heterocycles. The van der Waals surface area contributed by atoms with Crippen LogP contribution in [0, 0.1) is 6.92 Å². The molecule has 2 aromatic rings. The Morgan fingerprint density at radius 2 is 1.89 bits per heavy atom. The summed E-state index contributed by atoms with van der Waals surface area (Å²) < 4.78 is 0. The van der Waals surface area contributed by atoms with E-state index in [9.17, 15) is 0 Å². The summed E-state index contributed by atoms with van der Waals surface area (Å²) in [7, 11) is 1.86. The lowest BCUT2D eigenvalue weighted by Crippen LogP contribution is -2.02. The fourth-order valence-electron chi connectivity index (χ4n) is 2.20. The van der Waals surface area contributed by atoms with E-state index in [-0.39, 0.29) is 0 Å². The predicted molar refractivity (Wildman–Crippen MR) is 80.4 cm³/mol. The summed E-state index contributed by atoms with van der Waals surface area (Å²) >= 11 is 18.6. The molecule has 2 nitrogen and oxygen atoms in total. The van der Waals surface area contributed by atoms with Crippen LogP contribution in [0.5, 0.6) is 0 Å². The monoisotopic (exact) mass is 302 g/mol. The molecule has 2 rings (SSSR count). The maximum atomic E-state index is 6.29. The van der Waals surface area contributed by atoms with Gasteiger partial charge < -0.3 is 5.32 Å². The van der Waals surface area contributed by atoms with E-state index in [0.717, 1.165) is 28.8 Å².